The van der Waals surface area contributed by atoms with Gasteiger partial charge in [0.2, 0.25) is 5.91 Å². The summed E-state index contributed by atoms with van der Waals surface area (Å²) in [5.74, 6) is -0.539. The molecule has 0 bridgehead atoms. The Hall–Kier alpha value is -2.18. The van der Waals surface area contributed by atoms with Gasteiger partial charge in [-0.05, 0) is 38.5 Å². The number of nitrogens with one attached hydrogen (secondary N) is 1. The lowest BCUT2D eigenvalue weighted by atomic mass is 10.0. The summed E-state index contributed by atoms with van der Waals surface area (Å²) in [4.78, 5) is 26.0. The number of allylic oxidation sites excluding steroid dienone is 8. The summed E-state index contributed by atoms with van der Waals surface area (Å²) in [6, 6.07) is -0.718. The van der Waals surface area contributed by atoms with Gasteiger partial charge in [0.1, 0.15) is 6.10 Å². The maximum Gasteiger partial charge on any atom is 0.306 e. The Morgan fingerprint density at radius 2 is 0.982 bits per heavy atom. The van der Waals surface area contributed by atoms with E-state index in [1.165, 1.54) is 122 Å². The first-order valence-electron chi connectivity index (χ1n) is 23.4. The topological polar surface area (TPSA) is 95.9 Å². The smallest absolute Gasteiger partial charge is 0.306 e. The predicted molar refractivity (Wildman–Crippen MR) is 236 cm³/mol. The van der Waals surface area contributed by atoms with E-state index in [-0.39, 0.29) is 24.9 Å². The van der Waals surface area contributed by atoms with Crippen LogP contribution in [-0.2, 0) is 14.3 Å². The molecule has 3 unspecified atom stereocenters. The number of amides is 1. The lowest BCUT2D eigenvalue weighted by Gasteiger charge is -2.24. The lowest BCUT2D eigenvalue weighted by Crippen LogP contribution is -2.46. The van der Waals surface area contributed by atoms with Crippen molar-refractivity contribution in [2.45, 2.75) is 244 Å². The van der Waals surface area contributed by atoms with Gasteiger partial charge in [0.15, 0.2) is 0 Å². The highest BCUT2D eigenvalue weighted by molar-refractivity contribution is 5.77. The van der Waals surface area contributed by atoms with Crippen molar-refractivity contribution in [1.29, 1.82) is 0 Å². The normalized spacial score (nSPS) is 13.8. The van der Waals surface area contributed by atoms with Gasteiger partial charge < -0.3 is 20.3 Å². The zero-order chi connectivity index (χ0) is 40.3. The van der Waals surface area contributed by atoms with E-state index in [0.717, 1.165) is 57.8 Å². The summed E-state index contributed by atoms with van der Waals surface area (Å²) in [5, 5.41) is 23.5. The third-order valence-corrected chi connectivity index (χ3v) is 10.5. The number of esters is 1. The Morgan fingerprint density at radius 3 is 1.45 bits per heavy atom. The molecule has 6 nitrogen and oxygen atoms in total. The maximum absolute atomic E-state index is 13.1. The van der Waals surface area contributed by atoms with Crippen LogP contribution in [0.3, 0.4) is 0 Å². The van der Waals surface area contributed by atoms with Gasteiger partial charge in [-0.2, -0.15) is 0 Å². The molecule has 320 valence electrons. The van der Waals surface area contributed by atoms with Gasteiger partial charge >= 0.3 is 5.97 Å². The van der Waals surface area contributed by atoms with E-state index in [1.807, 2.05) is 36.5 Å². The molecule has 0 aliphatic rings. The minimum absolute atomic E-state index is 0.0334. The second-order valence-corrected chi connectivity index (χ2v) is 15.9. The van der Waals surface area contributed by atoms with Gasteiger partial charge in [-0.25, -0.2) is 0 Å². The first-order chi connectivity index (χ1) is 27.0. The quantitative estimate of drug-likeness (QED) is 0.0327. The van der Waals surface area contributed by atoms with Gasteiger partial charge in [-0.1, -0.05) is 223 Å². The highest BCUT2D eigenvalue weighted by Gasteiger charge is 2.24. The molecule has 0 aromatic rings. The van der Waals surface area contributed by atoms with Crippen molar-refractivity contribution in [2.75, 3.05) is 6.61 Å². The molecule has 6 heteroatoms. The highest BCUT2D eigenvalue weighted by Crippen LogP contribution is 2.17. The lowest BCUT2D eigenvalue weighted by molar-refractivity contribution is -0.151. The first-order valence-corrected chi connectivity index (χ1v) is 23.4. The predicted octanol–water partition coefficient (Wildman–Crippen LogP) is 13.5. The standard InChI is InChI=1S/C49H89NO5/c1-4-7-10-13-16-19-21-22-23-24-25-27-30-33-36-39-42-49(54)55-45(40-37-34-31-29-26-20-17-14-11-8-5-2)43-48(53)50-46(44-51)47(52)41-38-35-32-28-18-15-12-9-6-3/h8,11,14,17,20,26,29,31,45-47,51-52H,4-7,9-10,12-13,15-16,18-19,21-25,27-28,30,32-44H2,1-3H3,(H,50,53)/b11-8+,17-14+,26-20-,31-29-. The fraction of sp³-hybridized carbons (Fsp3) is 0.796. The Morgan fingerprint density at radius 1 is 0.545 bits per heavy atom. The van der Waals surface area contributed by atoms with Crippen molar-refractivity contribution in [3.8, 4) is 0 Å². The number of aliphatic hydroxyl groups excluding tert-OH is 2. The van der Waals surface area contributed by atoms with Gasteiger partial charge in [-0.3, -0.25) is 9.59 Å². The van der Waals surface area contributed by atoms with E-state index in [1.54, 1.807) is 0 Å². The number of carbonyl (C=O) groups excluding carboxylic acids is 2. The molecule has 0 aliphatic carbocycles. The van der Waals surface area contributed by atoms with Crippen LogP contribution in [0.15, 0.2) is 48.6 Å². The monoisotopic (exact) mass is 772 g/mol. The minimum atomic E-state index is -0.801. The Kier molecular flexibility index (Phi) is 41.2. The summed E-state index contributed by atoms with van der Waals surface area (Å²) >= 11 is 0. The van der Waals surface area contributed by atoms with Crippen LogP contribution in [0.1, 0.15) is 226 Å². The third-order valence-electron chi connectivity index (χ3n) is 10.5. The van der Waals surface area contributed by atoms with Crippen LogP contribution >= 0.6 is 0 Å². The average Bonchev–Trinajstić information content (AvgIpc) is 3.18. The number of rotatable bonds is 41. The van der Waals surface area contributed by atoms with Crippen molar-refractivity contribution in [2.24, 2.45) is 0 Å². The second kappa shape index (κ2) is 43.0. The molecule has 3 N–H and O–H groups in total. The van der Waals surface area contributed by atoms with Crippen LogP contribution in [-0.4, -0.2) is 46.9 Å². The maximum atomic E-state index is 13.1. The molecule has 1 amide bonds. The van der Waals surface area contributed by atoms with E-state index in [9.17, 15) is 19.8 Å². The molecular formula is C49H89NO5. The SMILES string of the molecule is CC/C=C/C=C/C=C\C=C/CCCC(CC(=O)NC(CO)C(O)CCCCCCCCCCC)OC(=O)CCCCCCCCCCCCCCCCCC. The van der Waals surface area contributed by atoms with Crippen LogP contribution in [0.2, 0.25) is 0 Å². The Balaban J connectivity index is 4.59. The van der Waals surface area contributed by atoms with Gasteiger partial charge in [0.25, 0.3) is 0 Å². The van der Waals surface area contributed by atoms with Gasteiger partial charge in [-0.15, -0.1) is 0 Å². The van der Waals surface area contributed by atoms with Crippen molar-refractivity contribution in [1.82, 2.24) is 5.32 Å². The van der Waals surface area contributed by atoms with Crippen molar-refractivity contribution in [3.05, 3.63) is 48.6 Å². The molecule has 0 radical (unpaired) electrons. The summed E-state index contributed by atoms with van der Waals surface area (Å²) in [6.45, 7) is 6.29. The molecule has 0 fully saturated rings. The molecule has 3 atom stereocenters. The number of unbranched alkanes of at least 4 members (excludes halogenated alkanes) is 24. The van der Waals surface area contributed by atoms with Crippen molar-refractivity contribution >= 4 is 11.9 Å². The van der Waals surface area contributed by atoms with Crippen LogP contribution in [0.25, 0.3) is 0 Å². The van der Waals surface area contributed by atoms with Crippen LogP contribution < -0.4 is 5.32 Å². The van der Waals surface area contributed by atoms with E-state index < -0.39 is 18.2 Å². The molecule has 0 spiro atoms. The van der Waals surface area contributed by atoms with Crippen molar-refractivity contribution in [3.63, 3.8) is 0 Å². The summed E-state index contributed by atoms with van der Waals surface area (Å²) in [6.07, 6.45) is 50.4. The van der Waals surface area contributed by atoms with Gasteiger partial charge in [0.05, 0.1) is 25.2 Å². The third kappa shape index (κ3) is 38.5. The second-order valence-electron chi connectivity index (χ2n) is 15.9. The van der Waals surface area contributed by atoms with E-state index in [4.69, 9.17) is 4.74 Å². The molecule has 0 saturated heterocycles. The molecule has 0 saturated carbocycles. The number of aliphatic hydroxyl groups is 2. The summed E-state index contributed by atoms with van der Waals surface area (Å²) in [7, 11) is 0. The van der Waals surface area contributed by atoms with E-state index >= 15 is 0 Å². The molecule has 55 heavy (non-hydrogen) atoms. The molecule has 0 aromatic heterocycles. The molecule has 0 heterocycles. The largest absolute Gasteiger partial charge is 0.462 e. The first kappa shape index (κ1) is 52.8. The van der Waals surface area contributed by atoms with E-state index in [0.29, 0.717) is 19.3 Å². The number of hydrogen-bond acceptors (Lipinski definition) is 5. The Labute approximate surface area is 340 Å². The summed E-state index contributed by atoms with van der Waals surface area (Å²) in [5.41, 5.74) is 0. The molecular weight excluding hydrogens is 683 g/mol. The number of carbonyl (C=O) groups is 2. The fourth-order valence-corrected chi connectivity index (χ4v) is 6.98. The van der Waals surface area contributed by atoms with Crippen molar-refractivity contribution < 1.29 is 24.5 Å². The van der Waals surface area contributed by atoms with E-state index in [2.05, 4.69) is 38.2 Å². The highest BCUT2D eigenvalue weighted by atomic mass is 16.5. The number of ether oxygens (including phenoxy) is 1. The van der Waals surface area contributed by atoms with Gasteiger partial charge in [0, 0.05) is 6.42 Å². The minimum Gasteiger partial charge on any atom is -0.462 e. The average molecular weight is 772 g/mol. The summed E-state index contributed by atoms with van der Waals surface area (Å²) < 4.78 is 5.87. The fourth-order valence-electron chi connectivity index (χ4n) is 6.98. The zero-order valence-electron chi connectivity index (χ0n) is 36.3. The molecule has 0 rings (SSSR count). The molecule has 0 aromatic carbocycles. The Bertz CT molecular complexity index is 957. The zero-order valence-corrected chi connectivity index (χ0v) is 36.3. The number of hydrogen-bond donors (Lipinski definition) is 3. The van der Waals surface area contributed by atoms with Crippen LogP contribution in [0.4, 0.5) is 0 Å². The van der Waals surface area contributed by atoms with Crippen LogP contribution in [0.5, 0.6) is 0 Å². The van der Waals surface area contributed by atoms with Crippen LogP contribution in [0, 0.1) is 0 Å². The molecule has 0 aliphatic heterocycles.